The molecule has 1 unspecified atom stereocenters. The third-order valence-electron chi connectivity index (χ3n) is 2.18. The molecule has 4 nitrogen and oxygen atoms in total. The van der Waals surface area contributed by atoms with Gasteiger partial charge in [-0.25, -0.2) is 4.98 Å². The second-order valence-electron chi connectivity index (χ2n) is 3.39. The second-order valence-corrected chi connectivity index (χ2v) is 3.77. The van der Waals surface area contributed by atoms with Gasteiger partial charge in [-0.3, -0.25) is 4.79 Å². The molecular formula is C10H16ClN3O. The molecule has 1 heterocycles. The summed E-state index contributed by atoms with van der Waals surface area (Å²) >= 11 is 5.62. The van der Waals surface area contributed by atoms with Crippen molar-refractivity contribution in [2.24, 2.45) is 0 Å². The minimum absolute atomic E-state index is 0.0820. The molecule has 1 rings (SSSR count). The molecule has 0 saturated carbocycles. The number of rotatable bonds is 5. The number of anilines is 1. The van der Waals surface area contributed by atoms with Crippen molar-refractivity contribution in [1.82, 2.24) is 9.55 Å². The van der Waals surface area contributed by atoms with E-state index in [9.17, 15) is 4.79 Å². The zero-order chi connectivity index (χ0) is 11.3. The number of hydrogen-bond donors (Lipinski definition) is 1. The number of hydrogen-bond acceptors (Lipinski definition) is 3. The smallest absolute Gasteiger partial charge is 0.293 e. The third kappa shape index (κ3) is 3.23. The normalized spacial score (nSPS) is 12.5. The predicted molar refractivity (Wildman–Crippen MR) is 62.6 cm³/mol. The van der Waals surface area contributed by atoms with E-state index in [0.29, 0.717) is 18.2 Å². The molecule has 0 radical (unpaired) electrons. The summed E-state index contributed by atoms with van der Waals surface area (Å²) in [6.07, 6.45) is 4.12. The molecule has 0 saturated heterocycles. The summed E-state index contributed by atoms with van der Waals surface area (Å²) in [6.45, 7) is 4.56. The van der Waals surface area contributed by atoms with Gasteiger partial charge in [-0.05, 0) is 20.3 Å². The molecule has 1 aromatic heterocycles. The highest BCUT2D eigenvalue weighted by molar-refractivity contribution is 6.17. The van der Waals surface area contributed by atoms with Crippen molar-refractivity contribution in [2.45, 2.75) is 32.9 Å². The number of aromatic nitrogens is 2. The molecule has 1 atom stereocenters. The van der Waals surface area contributed by atoms with E-state index >= 15 is 0 Å². The molecule has 0 aliphatic rings. The van der Waals surface area contributed by atoms with Gasteiger partial charge in [-0.1, -0.05) is 0 Å². The van der Waals surface area contributed by atoms with Crippen LogP contribution in [0.4, 0.5) is 5.82 Å². The van der Waals surface area contributed by atoms with Crippen molar-refractivity contribution in [3.63, 3.8) is 0 Å². The van der Waals surface area contributed by atoms with Crippen LogP contribution in [0.25, 0.3) is 0 Å². The Kier molecular flexibility index (Phi) is 4.62. The average Bonchev–Trinajstić information content (AvgIpc) is 2.21. The van der Waals surface area contributed by atoms with Crippen LogP contribution in [0, 0.1) is 0 Å². The van der Waals surface area contributed by atoms with Gasteiger partial charge < -0.3 is 9.88 Å². The first-order valence-corrected chi connectivity index (χ1v) is 5.60. The van der Waals surface area contributed by atoms with Crippen LogP contribution in [0.15, 0.2) is 17.2 Å². The summed E-state index contributed by atoms with van der Waals surface area (Å²) in [5.41, 5.74) is -0.0820. The molecule has 0 aromatic carbocycles. The minimum Gasteiger partial charge on any atom is -0.363 e. The van der Waals surface area contributed by atoms with Crippen molar-refractivity contribution in [3.8, 4) is 0 Å². The Bertz CT molecular complexity index is 364. The molecule has 84 valence electrons. The zero-order valence-corrected chi connectivity index (χ0v) is 9.79. The van der Waals surface area contributed by atoms with Gasteiger partial charge in [-0.15, -0.1) is 11.6 Å². The summed E-state index contributed by atoms with van der Waals surface area (Å²) in [4.78, 5) is 15.8. The molecule has 0 amide bonds. The first-order valence-electron chi connectivity index (χ1n) is 5.07. The van der Waals surface area contributed by atoms with Crippen LogP contribution in [-0.4, -0.2) is 21.5 Å². The maximum Gasteiger partial charge on any atom is 0.293 e. The first kappa shape index (κ1) is 12.0. The van der Waals surface area contributed by atoms with E-state index < -0.39 is 0 Å². The SMILES string of the molecule is CCn1ccnc(NC(C)CCCl)c1=O. The number of aryl methyl sites for hydroxylation is 1. The molecular weight excluding hydrogens is 214 g/mol. The summed E-state index contributed by atoms with van der Waals surface area (Å²) < 4.78 is 1.61. The van der Waals surface area contributed by atoms with Crippen molar-refractivity contribution < 1.29 is 0 Å². The molecule has 0 aliphatic carbocycles. The van der Waals surface area contributed by atoms with E-state index in [-0.39, 0.29) is 11.6 Å². The third-order valence-corrected chi connectivity index (χ3v) is 2.40. The lowest BCUT2D eigenvalue weighted by atomic mass is 10.2. The van der Waals surface area contributed by atoms with Crippen LogP contribution in [0.2, 0.25) is 0 Å². The summed E-state index contributed by atoms with van der Waals surface area (Å²) in [6, 6.07) is 0.162. The van der Waals surface area contributed by atoms with Crippen molar-refractivity contribution in [2.75, 3.05) is 11.2 Å². The van der Waals surface area contributed by atoms with E-state index in [1.54, 1.807) is 17.0 Å². The maximum atomic E-state index is 11.7. The fraction of sp³-hybridized carbons (Fsp3) is 0.600. The van der Waals surface area contributed by atoms with Gasteiger partial charge in [0, 0.05) is 30.9 Å². The molecule has 15 heavy (non-hydrogen) atoms. The van der Waals surface area contributed by atoms with Crippen LogP contribution in [0.3, 0.4) is 0 Å². The Morgan fingerprint density at radius 1 is 1.67 bits per heavy atom. The molecule has 0 spiro atoms. The van der Waals surface area contributed by atoms with Crippen molar-refractivity contribution >= 4 is 17.4 Å². The Morgan fingerprint density at radius 2 is 2.40 bits per heavy atom. The lowest BCUT2D eigenvalue weighted by molar-refractivity contribution is 0.705. The fourth-order valence-corrected chi connectivity index (χ4v) is 1.59. The lowest BCUT2D eigenvalue weighted by Gasteiger charge is -2.13. The Labute approximate surface area is 94.3 Å². The molecule has 0 fully saturated rings. The highest BCUT2D eigenvalue weighted by Gasteiger charge is 2.06. The fourth-order valence-electron chi connectivity index (χ4n) is 1.26. The minimum atomic E-state index is -0.0820. The van der Waals surface area contributed by atoms with Gasteiger partial charge in [-0.2, -0.15) is 0 Å². The van der Waals surface area contributed by atoms with E-state index in [0.717, 1.165) is 6.42 Å². The van der Waals surface area contributed by atoms with Crippen molar-refractivity contribution in [3.05, 3.63) is 22.7 Å². The number of halogens is 1. The monoisotopic (exact) mass is 229 g/mol. The van der Waals surface area contributed by atoms with Crippen LogP contribution in [-0.2, 0) is 6.54 Å². The van der Waals surface area contributed by atoms with Gasteiger partial charge in [0.1, 0.15) is 0 Å². The quantitative estimate of drug-likeness (QED) is 0.782. The Hall–Kier alpha value is -1.03. The second kappa shape index (κ2) is 5.75. The van der Waals surface area contributed by atoms with Gasteiger partial charge in [0.2, 0.25) is 0 Å². The highest BCUT2D eigenvalue weighted by Crippen LogP contribution is 2.01. The number of alkyl halides is 1. The topological polar surface area (TPSA) is 46.9 Å². The Morgan fingerprint density at radius 3 is 3.00 bits per heavy atom. The van der Waals surface area contributed by atoms with Crippen LogP contribution < -0.4 is 10.9 Å². The van der Waals surface area contributed by atoms with Crippen LogP contribution in [0.5, 0.6) is 0 Å². The largest absolute Gasteiger partial charge is 0.363 e. The highest BCUT2D eigenvalue weighted by atomic mass is 35.5. The standard InChI is InChI=1S/C10H16ClN3O/c1-3-14-7-6-12-9(10(14)15)13-8(2)4-5-11/h6-8H,3-5H2,1-2H3,(H,12,13). The van der Waals surface area contributed by atoms with E-state index in [4.69, 9.17) is 11.6 Å². The summed E-state index contributed by atoms with van der Waals surface area (Å²) in [5.74, 6) is 0.972. The van der Waals surface area contributed by atoms with Gasteiger partial charge in [0.15, 0.2) is 5.82 Å². The van der Waals surface area contributed by atoms with E-state index in [1.165, 1.54) is 0 Å². The number of nitrogens with one attached hydrogen (secondary N) is 1. The van der Waals surface area contributed by atoms with E-state index in [1.807, 2.05) is 13.8 Å². The summed E-state index contributed by atoms with van der Waals surface area (Å²) in [7, 11) is 0. The number of nitrogens with zero attached hydrogens (tertiary/aromatic N) is 2. The van der Waals surface area contributed by atoms with Gasteiger partial charge in [0.05, 0.1) is 0 Å². The molecule has 1 aromatic rings. The molecule has 0 aliphatic heterocycles. The summed E-state index contributed by atoms with van der Waals surface area (Å²) in [5, 5.41) is 3.06. The van der Waals surface area contributed by atoms with E-state index in [2.05, 4.69) is 10.3 Å². The zero-order valence-electron chi connectivity index (χ0n) is 9.03. The van der Waals surface area contributed by atoms with Crippen LogP contribution in [0.1, 0.15) is 20.3 Å². The average molecular weight is 230 g/mol. The van der Waals surface area contributed by atoms with Crippen LogP contribution >= 0.6 is 11.6 Å². The van der Waals surface area contributed by atoms with Gasteiger partial charge in [0.25, 0.3) is 5.56 Å². The molecule has 5 heteroatoms. The molecule has 0 bridgehead atoms. The predicted octanol–water partition coefficient (Wildman–Crippen LogP) is 1.69. The molecule has 1 N–H and O–H groups in total. The van der Waals surface area contributed by atoms with Gasteiger partial charge >= 0.3 is 0 Å². The maximum absolute atomic E-state index is 11.7. The lowest BCUT2D eigenvalue weighted by Crippen LogP contribution is -2.27. The Balaban J connectivity index is 2.81. The first-order chi connectivity index (χ1) is 7.19. The van der Waals surface area contributed by atoms with Crippen molar-refractivity contribution in [1.29, 1.82) is 0 Å².